The maximum absolute atomic E-state index is 14.4. The predicted octanol–water partition coefficient (Wildman–Crippen LogP) is 2.76. The van der Waals surface area contributed by atoms with Crippen LogP contribution in [-0.4, -0.2) is 34.5 Å². The van der Waals surface area contributed by atoms with Gasteiger partial charge in [-0.1, -0.05) is 0 Å². The number of primary amides is 1. The minimum absolute atomic E-state index is 0.0200. The number of imidazole rings is 1. The van der Waals surface area contributed by atoms with Crippen molar-refractivity contribution in [3.05, 3.63) is 59.4 Å². The van der Waals surface area contributed by atoms with Gasteiger partial charge in [0.1, 0.15) is 11.6 Å². The molecule has 3 rings (SSSR count). The molecule has 0 fully saturated rings. The number of ether oxygens (including phenoxy) is 1. The standard InChI is InChI=1S/C19H21FN6O2/c1-11-5-13(7-14(6-11)28-2)25-18-15(17(21)27)8-16(20)19(26-18)23-4-3-12-9-22-10-24-12/h5-10H,3-4H2,1-2H3,(H2,21,27)(H,22,24)(H2,23,25,26). The van der Waals surface area contributed by atoms with E-state index in [1.165, 1.54) is 0 Å². The molecule has 0 unspecified atom stereocenters. The van der Waals surface area contributed by atoms with E-state index in [1.807, 2.05) is 19.1 Å². The second-order valence-corrected chi connectivity index (χ2v) is 6.20. The van der Waals surface area contributed by atoms with E-state index in [2.05, 4.69) is 25.6 Å². The van der Waals surface area contributed by atoms with Crippen molar-refractivity contribution in [2.45, 2.75) is 13.3 Å². The highest BCUT2D eigenvalue weighted by atomic mass is 19.1. The van der Waals surface area contributed by atoms with Gasteiger partial charge in [-0.05, 0) is 30.7 Å². The first-order chi connectivity index (χ1) is 13.5. The van der Waals surface area contributed by atoms with Crippen LogP contribution in [0.25, 0.3) is 0 Å². The van der Waals surface area contributed by atoms with Gasteiger partial charge in [0.05, 0.1) is 19.0 Å². The Labute approximate surface area is 161 Å². The number of aryl methyl sites for hydroxylation is 1. The van der Waals surface area contributed by atoms with Crippen molar-refractivity contribution in [1.82, 2.24) is 15.0 Å². The molecule has 0 bridgehead atoms. The van der Waals surface area contributed by atoms with Gasteiger partial charge in [-0.2, -0.15) is 0 Å². The number of methoxy groups -OCH3 is 1. The molecule has 0 aliphatic rings. The minimum Gasteiger partial charge on any atom is -0.497 e. The molecule has 8 nitrogen and oxygen atoms in total. The summed E-state index contributed by atoms with van der Waals surface area (Å²) < 4.78 is 19.6. The first-order valence-electron chi connectivity index (χ1n) is 8.60. The summed E-state index contributed by atoms with van der Waals surface area (Å²) >= 11 is 0. The Bertz CT molecular complexity index is 975. The Kier molecular flexibility index (Phi) is 5.73. The number of aromatic nitrogens is 3. The number of hydrogen-bond acceptors (Lipinski definition) is 6. The van der Waals surface area contributed by atoms with Crippen LogP contribution in [0, 0.1) is 12.7 Å². The summed E-state index contributed by atoms with van der Waals surface area (Å²) in [6, 6.07) is 6.53. The lowest BCUT2D eigenvalue weighted by molar-refractivity contribution is 0.100. The molecule has 0 atom stereocenters. The molecule has 0 spiro atoms. The van der Waals surface area contributed by atoms with Gasteiger partial charge in [-0.25, -0.2) is 14.4 Å². The highest BCUT2D eigenvalue weighted by Crippen LogP contribution is 2.27. The molecule has 9 heteroatoms. The van der Waals surface area contributed by atoms with E-state index in [0.717, 1.165) is 17.3 Å². The van der Waals surface area contributed by atoms with E-state index in [9.17, 15) is 9.18 Å². The largest absolute Gasteiger partial charge is 0.497 e. The second kappa shape index (κ2) is 8.38. The number of nitrogens with two attached hydrogens (primary N) is 1. The molecule has 0 aliphatic carbocycles. The lowest BCUT2D eigenvalue weighted by Gasteiger charge is -2.14. The van der Waals surface area contributed by atoms with Crippen molar-refractivity contribution in [2.75, 3.05) is 24.3 Å². The number of rotatable bonds is 8. The summed E-state index contributed by atoms with van der Waals surface area (Å²) in [7, 11) is 1.56. The smallest absolute Gasteiger partial charge is 0.252 e. The number of anilines is 3. The fraction of sp³-hybridized carbons (Fsp3) is 0.211. The number of nitrogens with one attached hydrogen (secondary N) is 3. The topological polar surface area (TPSA) is 118 Å². The van der Waals surface area contributed by atoms with Crippen molar-refractivity contribution in [3.63, 3.8) is 0 Å². The molecule has 0 saturated heterocycles. The summed E-state index contributed by atoms with van der Waals surface area (Å²) in [5, 5.41) is 5.95. The first kappa shape index (κ1) is 19.2. The van der Waals surface area contributed by atoms with Gasteiger partial charge in [-0.3, -0.25) is 4.79 Å². The molecule has 2 aromatic heterocycles. The van der Waals surface area contributed by atoms with E-state index in [0.29, 0.717) is 24.4 Å². The van der Waals surface area contributed by atoms with E-state index >= 15 is 0 Å². The Morgan fingerprint density at radius 1 is 1.29 bits per heavy atom. The second-order valence-electron chi connectivity index (χ2n) is 6.20. The highest BCUT2D eigenvalue weighted by Gasteiger charge is 2.16. The molecule has 2 heterocycles. The number of halogens is 1. The number of carbonyl (C=O) groups excluding carboxylic acids is 1. The van der Waals surface area contributed by atoms with Gasteiger partial charge in [0.25, 0.3) is 5.91 Å². The lowest BCUT2D eigenvalue weighted by Crippen LogP contribution is -2.17. The molecule has 3 aromatic rings. The van der Waals surface area contributed by atoms with Gasteiger partial charge in [0.15, 0.2) is 11.6 Å². The Morgan fingerprint density at radius 3 is 2.79 bits per heavy atom. The molecule has 0 radical (unpaired) electrons. The number of hydrogen-bond donors (Lipinski definition) is 4. The lowest BCUT2D eigenvalue weighted by atomic mass is 10.2. The Hall–Kier alpha value is -3.62. The Morgan fingerprint density at radius 2 is 2.11 bits per heavy atom. The first-order valence-corrected chi connectivity index (χ1v) is 8.60. The fourth-order valence-corrected chi connectivity index (χ4v) is 2.71. The van der Waals surface area contributed by atoms with E-state index in [-0.39, 0.29) is 17.2 Å². The van der Waals surface area contributed by atoms with Crippen molar-refractivity contribution in [2.24, 2.45) is 5.73 Å². The summed E-state index contributed by atoms with van der Waals surface area (Å²) in [5.41, 5.74) is 7.85. The number of amides is 1. The van der Waals surface area contributed by atoms with Crippen LogP contribution in [0.1, 0.15) is 21.6 Å². The molecule has 0 aliphatic heterocycles. The van der Waals surface area contributed by atoms with Crippen LogP contribution in [-0.2, 0) is 6.42 Å². The number of benzene rings is 1. The number of carbonyl (C=O) groups is 1. The normalized spacial score (nSPS) is 10.5. The molecule has 28 heavy (non-hydrogen) atoms. The predicted molar refractivity (Wildman–Crippen MR) is 105 cm³/mol. The molecular weight excluding hydrogens is 363 g/mol. The van der Waals surface area contributed by atoms with Crippen LogP contribution in [0.3, 0.4) is 0 Å². The molecule has 0 saturated carbocycles. The average molecular weight is 384 g/mol. The Balaban J connectivity index is 1.85. The van der Waals surface area contributed by atoms with Gasteiger partial charge >= 0.3 is 0 Å². The van der Waals surface area contributed by atoms with Gasteiger partial charge in [-0.15, -0.1) is 0 Å². The minimum atomic E-state index is -0.780. The third-order valence-electron chi connectivity index (χ3n) is 4.03. The van der Waals surface area contributed by atoms with Gasteiger partial charge in [0.2, 0.25) is 0 Å². The summed E-state index contributed by atoms with van der Waals surface area (Å²) in [5.74, 6) is -0.622. The monoisotopic (exact) mass is 384 g/mol. The van der Waals surface area contributed by atoms with Crippen LogP contribution < -0.4 is 21.1 Å². The van der Waals surface area contributed by atoms with Gasteiger partial charge < -0.3 is 26.1 Å². The maximum atomic E-state index is 14.4. The summed E-state index contributed by atoms with van der Waals surface area (Å²) in [4.78, 5) is 22.9. The third kappa shape index (κ3) is 4.56. The third-order valence-corrected chi connectivity index (χ3v) is 4.03. The molecule has 1 amide bonds. The van der Waals surface area contributed by atoms with E-state index < -0.39 is 11.7 Å². The van der Waals surface area contributed by atoms with E-state index in [4.69, 9.17) is 10.5 Å². The SMILES string of the molecule is COc1cc(C)cc(Nc2nc(NCCc3cnc[nH]3)c(F)cc2C(N)=O)c1. The van der Waals surface area contributed by atoms with Gasteiger partial charge in [0, 0.05) is 36.6 Å². The van der Waals surface area contributed by atoms with Crippen LogP contribution in [0.4, 0.5) is 21.7 Å². The van der Waals surface area contributed by atoms with Crippen molar-refractivity contribution in [1.29, 1.82) is 0 Å². The average Bonchev–Trinajstić information content (AvgIpc) is 3.16. The zero-order valence-electron chi connectivity index (χ0n) is 15.5. The summed E-state index contributed by atoms with van der Waals surface area (Å²) in [6.45, 7) is 2.34. The van der Waals surface area contributed by atoms with Crippen LogP contribution in [0.5, 0.6) is 5.75 Å². The fourth-order valence-electron chi connectivity index (χ4n) is 2.71. The van der Waals surface area contributed by atoms with Crippen LogP contribution in [0.2, 0.25) is 0 Å². The maximum Gasteiger partial charge on any atom is 0.252 e. The van der Waals surface area contributed by atoms with Crippen LogP contribution in [0.15, 0.2) is 36.8 Å². The number of pyridine rings is 1. The quantitative estimate of drug-likeness (QED) is 0.474. The molecular formula is C19H21FN6O2. The zero-order chi connectivity index (χ0) is 20.1. The molecule has 1 aromatic carbocycles. The highest BCUT2D eigenvalue weighted by molar-refractivity contribution is 5.98. The zero-order valence-corrected chi connectivity index (χ0v) is 15.5. The number of aromatic amines is 1. The summed E-state index contributed by atoms with van der Waals surface area (Å²) in [6.07, 6.45) is 3.88. The number of nitrogens with zero attached hydrogens (tertiary/aromatic N) is 2. The van der Waals surface area contributed by atoms with Crippen molar-refractivity contribution in [3.8, 4) is 5.75 Å². The van der Waals surface area contributed by atoms with Crippen LogP contribution >= 0.6 is 0 Å². The number of H-pyrrole nitrogens is 1. The van der Waals surface area contributed by atoms with Crippen molar-refractivity contribution < 1.29 is 13.9 Å². The molecule has 146 valence electrons. The van der Waals surface area contributed by atoms with Crippen molar-refractivity contribution >= 4 is 23.2 Å². The molecule has 5 N–H and O–H groups in total. The van der Waals surface area contributed by atoms with E-state index in [1.54, 1.807) is 25.7 Å².